The summed E-state index contributed by atoms with van der Waals surface area (Å²) in [6.07, 6.45) is 5.60. The summed E-state index contributed by atoms with van der Waals surface area (Å²) in [5.74, 6) is -0.0376. The Morgan fingerprint density at radius 3 is 2.52 bits per heavy atom. The summed E-state index contributed by atoms with van der Waals surface area (Å²) in [4.78, 5) is 16.5. The van der Waals surface area contributed by atoms with Crippen molar-refractivity contribution in [3.05, 3.63) is 66.2 Å². The van der Waals surface area contributed by atoms with E-state index in [1.165, 1.54) is 4.90 Å². The molecule has 4 heteroatoms. The summed E-state index contributed by atoms with van der Waals surface area (Å²) in [7, 11) is 4.12. The molecule has 0 aliphatic heterocycles. The highest BCUT2D eigenvalue weighted by atomic mass is 32.2. The van der Waals surface area contributed by atoms with Gasteiger partial charge < -0.3 is 10.2 Å². The molecule has 0 saturated heterocycles. The second-order valence-electron chi connectivity index (χ2n) is 6.09. The number of carbonyl (C=O) groups is 1. The fraction of sp³-hybridized carbons (Fsp3) is 0.286. The minimum atomic E-state index is -0.0376. The molecule has 1 N–H and O–H groups in total. The number of unbranched alkanes of at least 4 members (excludes halogenated alkanes) is 1. The third-order valence-electron chi connectivity index (χ3n) is 3.64. The predicted molar refractivity (Wildman–Crippen MR) is 107 cm³/mol. The molecule has 0 aliphatic rings. The number of amides is 1. The van der Waals surface area contributed by atoms with Gasteiger partial charge in [0.1, 0.15) is 0 Å². The van der Waals surface area contributed by atoms with Gasteiger partial charge in [-0.2, -0.15) is 0 Å². The molecule has 0 atom stereocenters. The molecule has 132 valence electrons. The Hall–Kier alpha value is -2.04. The lowest BCUT2D eigenvalue weighted by atomic mass is 10.2. The van der Waals surface area contributed by atoms with Gasteiger partial charge in [0.2, 0.25) is 5.91 Å². The van der Waals surface area contributed by atoms with Crippen LogP contribution >= 0.6 is 11.8 Å². The van der Waals surface area contributed by atoms with E-state index in [4.69, 9.17) is 0 Å². The summed E-state index contributed by atoms with van der Waals surface area (Å²) in [5, 5.41) is 2.94. The van der Waals surface area contributed by atoms with E-state index in [0.717, 1.165) is 36.4 Å². The Bertz CT molecular complexity index is 683. The van der Waals surface area contributed by atoms with Crippen LogP contribution in [0.25, 0.3) is 6.08 Å². The van der Waals surface area contributed by atoms with Gasteiger partial charge in [0.05, 0.1) is 0 Å². The van der Waals surface area contributed by atoms with Crippen LogP contribution in [-0.2, 0) is 4.79 Å². The van der Waals surface area contributed by atoms with Crippen LogP contribution < -0.4 is 5.32 Å². The van der Waals surface area contributed by atoms with Gasteiger partial charge in [-0.1, -0.05) is 48.2 Å². The first kappa shape index (κ1) is 19.3. The lowest BCUT2D eigenvalue weighted by Gasteiger charge is -2.08. The third-order valence-corrected chi connectivity index (χ3v) is 4.74. The molecule has 0 fully saturated rings. The molecule has 2 rings (SSSR count). The lowest BCUT2D eigenvalue weighted by molar-refractivity contribution is -0.116. The minimum absolute atomic E-state index is 0.0376. The van der Waals surface area contributed by atoms with Gasteiger partial charge in [0.25, 0.3) is 0 Å². The summed E-state index contributed by atoms with van der Waals surface area (Å²) in [5.41, 5.74) is 1.05. The van der Waals surface area contributed by atoms with Gasteiger partial charge in [0.15, 0.2) is 0 Å². The topological polar surface area (TPSA) is 32.3 Å². The Balaban J connectivity index is 1.87. The van der Waals surface area contributed by atoms with Crippen molar-refractivity contribution in [2.75, 3.05) is 27.2 Å². The second kappa shape index (κ2) is 10.7. The normalized spacial score (nSPS) is 11.2. The van der Waals surface area contributed by atoms with Gasteiger partial charge in [-0.05, 0) is 63.3 Å². The first-order valence-corrected chi connectivity index (χ1v) is 9.39. The van der Waals surface area contributed by atoms with Crippen LogP contribution in [0.15, 0.2) is 70.5 Å². The Morgan fingerprint density at radius 2 is 1.76 bits per heavy atom. The standard InChI is InChI=1S/C21H26N2OS/c1-23(2)17-9-8-16-22-21(24)15-14-18-10-6-7-13-20(18)25-19-11-4-3-5-12-19/h3-7,10-15H,8-9,16-17H2,1-2H3,(H,22,24)/b15-14+. The van der Waals surface area contributed by atoms with Crippen LogP contribution in [0.5, 0.6) is 0 Å². The number of rotatable bonds is 9. The van der Waals surface area contributed by atoms with Crippen molar-refractivity contribution in [1.29, 1.82) is 0 Å². The fourth-order valence-electron chi connectivity index (χ4n) is 2.32. The SMILES string of the molecule is CN(C)CCCCNC(=O)/C=C/c1ccccc1Sc1ccccc1. The van der Waals surface area contributed by atoms with Gasteiger partial charge in [-0.15, -0.1) is 0 Å². The highest BCUT2D eigenvalue weighted by Crippen LogP contribution is 2.30. The van der Waals surface area contributed by atoms with Crippen LogP contribution in [0.4, 0.5) is 0 Å². The molecular weight excluding hydrogens is 328 g/mol. The number of nitrogens with zero attached hydrogens (tertiary/aromatic N) is 1. The maximum absolute atomic E-state index is 12.0. The van der Waals surface area contributed by atoms with E-state index in [9.17, 15) is 4.79 Å². The monoisotopic (exact) mass is 354 g/mol. The number of benzene rings is 2. The van der Waals surface area contributed by atoms with E-state index in [1.807, 2.05) is 42.5 Å². The van der Waals surface area contributed by atoms with Crippen LogP contribution in [0.2, 0.25) is 0 Å². The molecule has 0 radical (unpaired) electrons. The fourth-order valence-corrected chi connectivity index (χ4v) is 3.26. The zero-order valence-corrected chi connectivity index (χ0v) is 15.8. The molecule has 0 spiro atoms. The van der Waals surface area contributed by atoms with E-state index in [2.05, 4.69) is 42.5 Å². The summed E-state index contributed by atoms with van der Waals surface area (Å²) >= 11 is 1.71. The average molecular weight is 355 g/mol. The molecule has 25 heavy (non-hydrogen) atoms. The lowest BCUT2D eigenvalue weighted by Crippen LogP contribution is -2.23. The van der Waals surface area contributed by atoms with E-state index >= 15 is 0 Å². The maximum Gasteiger partial charge on any atom is 0.243 e. The van der Waals surface area contributed by atoms with E-state index in [0.29, 0.717) is 0 Å². The summed E-state index contributed by atoms with van der Waals surface area (Å²) in [6.45, 7) is 1.77. The van der Waals surface area contributed by atoms with Crippen LogP contribution in [0, 0.1) is 0 Å². The van der Waals surface area contributed by atoms with E-state index in [1.54, 1.807) is 17.8 Å². The van der Waals surface area contributed by atoms with Crippen molar-refractivity contribution >= 4 is 23.7 Å². The zero-order chi connectivity index (χ0) is 17.9. The first-order valence-electron chi connectivity index (χ1n) is 8.58. The van der Waals surface area contributed by atoms with Gasteiger partial charge in [0, 0.05) is 22.4 Å². The quantitative estimate of drug-likeness (QED) is 0.538. The average Bonchev–Trinajstić information content (AvgIpc) is 2.61. The highest BCUT2D eigenvalue weighted by molar-refractivity contribution is 7.99. The molecule has 3 nitrogen and oxygen atoms in total. The number of hydrogen-bond acceptors (Lipinski definition) is 3. The molecule has 0 unspecified atom stereocenters. The number of hydrogen-bond donors (Lipinski definition) is 1. The van der Waals surface area contributed by atoms with Gasteiger partial charge in [-0.3, -0.25) is 4.79 Å². The largest absolute Gasteiger partial charge is 0.353 e. The molecule has 1 amide bonds. The molecule has 0 bridgehead atoms. The van der Waals surface area contributed by atoms with Crippen molar-refractivity contribution < 1.29 is 4.79 Å². The van der Waals surface area contributed by atoms with Crippen molar-refractivity contribution in [2.45, 2.75) is 22.6 Å². The second-order valence-corrected chi connectivity index (χ2v) is 7.20. The van der Waals surface area contributed by atoms with Gasteiger partial charge >= 0.3 is 0 Å². The molecular formula is C21H26N2OS. The van der Waals surface area contributed by atoms with Crippen LogP contribution in [0.3, 0.4) is 0 Å². The molecule has 2 aromatic rings. The molecule has 0 aromatic heterocycles. The van der Waals surface area contributed by atoms with Crippen molar-refractivity contribution in [1.82, 2.24) is 10.2 Å². The third kappa shape index (κ3) is 7.59. The first-order chi connectivity index (χ1) is 12.1. The Kier molecular flexibility index (Phi) is 8.29. The smallest absolute Gasteiger partial charge is 0.243 e. The summed E-state index contributed by atoms with van der Waals surface area (Å²) in [6, 6.07) is 18.4. The summed E-state index contributed by atoms with van der Waals surface area (Å²) < 4.78 is 0. The molecule has 0 aliphatic carbocycles. The number of carbonyl (C=O) groups excluding carboxylic acids is 1. The van der Waals surface area contributed by atoms with E-state index in [-0.39, 0.29) is 5.91 Å². The molecule has 0 heterocycles. The Morgan fingerprint density at radius 1 is 1.04 bits per heavy atom. The molecule has 2 aromatic carbocycles. The van der Waals surface area contributed by atoms with Crippen LogP contribution in [-0.4, -0.2) is 38.0 Å². The van der Waals surface area contributed by atoms with E-state index < -0.39 is 0 Å². The van der Waals surface area contributed by atoms with Crippen molar-refractivity contribution in [2.24, 2.45) is 0 Å². The van der Waals surface area contributed by atoms with Crippen LogP contribution in [0.1, 0.15) is 18.4 Å². The van der Waals surface area contributed by atoms with Crippen molar-refractivity contribution in [3.63, 3.8) is 0 Å². The zero-order valence-electron chi connectivity index (χ0n) is 14.9. The maximum atomic E-state index is 12.0. The molecule has 0 saturated carbocycles. The van der Waals surface area contributed by atoms with Gasteiger partial charge in [-0.25, -0.2) is 0 Å². The number of nitrogens with one attached hydrogen (secondary N) is 1. The minimum Gasteiger partial charge on any atom is -0.353 e. The Labute approximate surface area is 155 Å². The predicted octanol–water partition coefficient (Wildman–Crippen LogP) is 4.31. The van der Waals surface area contributed by atoms with Crippen molar-refractivity contribution in [3.8, 4) is 0 Å². The highest BCUT2D eigenvalue weighted by Gasteiger charge is 2.02.